The number of phenolic OH excluding ortho intramolecular Hbond substituents is 1. The van der Waals surface area contributed by atoms with E-state index < -0.39 is 0 Å². The van der Waals surface area contributed by atoms with Crippen LogP contribution in [0.15, 0.2) is 36.4 Å². The summed E-state index contributed by atoms with van der Waals surface area (Å²) in [4.78, 5) is 0. The highest BCUT2D eigenvalue weighted by molar-refractivity contribution is 5.85. The summed E-state index contributed by atoms with van der Waals surface area (Å²) in [5.74, 6) is 1.09. The van der Waals surface area contributed by atoms with E-state index in [4.69, 9.17) is 9.47 Å². The fourth-order valence-corrected chi connectivity index (χ4v) is 1.86. The van der Waals surface area contributed by atoms with Gasteiger partial charge >= 0.3 is 0 Å². The smallest absolute Gasteiger partial charge is 0.120 e. The van der Waals surface area contributed by atoms with Crippen LogP contribution in [0.5, 0.6) is 11.5 Å². The molecule has 0 fully saturated rings. The third-order valence-electron chi connectivity index (χ3n) is 2.86. The first-order valence-corrected chi connectivity index (χ1v) is 6.07. The average molecular weight is 246 g/mol. The van der Waals surface area contributed by atoms with Crippen LogP contribution in [0.2, 0.25) is 0 Å². The summed E-state index contributed by atoms with van der Waals surface area (Å²) >= 11 is 0. The standard InChI is InChI=1S/C15H18O3/c1-11(7-8-17-2)18-15-6-4-12-3-5-14(16)9-13(12)10-15/h3-6,9-11,16H,7-8H2,1-2H3. The van der Waals surface area contributed by atoms with Crippen LogP contribution in [0.25, 0.3) is 10.8 Å². The summed E-state index contributed by atoms with van der Waals surface area (Å²) in [6.07, 6.45) is 0.967. The molecule has 1 unspecified atom stereocenters. The molecule has 0 saturated heterocycles. The summed E-state index contributed by atoms with van der Waals surface area (Å²) in [7, 11) is 1.69. The van der Waals surface area contributed by atoms with Crippen LogP contribution < -0.4 is 4.74 Å². The van der Waals surface area contributed by atoms with Crippen LogP contribution in [0.1, 0.15) is 13.3 Å². The Bertz CT molecular complexity index is 522. The highest BCUT2D eigenvalue weighted by atomic mass is 16.5. The van der Waals surface area contributed by atoms with Gasteiger partial charge in [-0.15, -0.1) is 0 Å². The zero-order valence-corrected chi connectivity index (χ0v) is 10.7. The van der Waals surface area contributed by atoms with E-state index in [9.17, 15) is 5.11 Å². The van der Waals surface area contributed by atoms with Crippen molar-refractivity contribution in [3.63, 3.8) is 0 Å². The molecule has 2 rings (SSSR count). The van der Waals surface area contributed by atoms with Gasteiger partial charge in [-0.3, -0.25) is 0 Å². The van der Waals surface area contributed by atoms with Gasteiger partial charge in [0.05, 0.1) is 6.10 Å². The van der Waals surface area contributed by atoms with Gasteiger partial charge in [0.25, 0.3) is 0 Å². The van der Waals surface area contributed by atoms with E-state index in [2.05, 4.69) is 0 Å². The molecule has 0 saturated carbocycles. The summed E-state index contributed by atoms with van der Waals surface area (Å²) in [5, 5.41) is 11.5. The number of rotatable bonds is 5. The number of ether oxygens (including phenoxy) is 2. The molecule has 0 bridgehead atoms. The molecule has 0 aliphatic rings. The van der Waals surface area contributed by atoms with Gasteiger partial charge < -0.3 is 14.6 Å². The van der Waals surface area contributed by atoms with Crippen molar-refractivity contribution in [2.75, 3.05) is 13.7 Å². The summed E-state index contributed by atoms with van der Waals surface area (Å²) < 4.78 is 10.8. The van der Waals surface area contributed by atoms with E-state index in [-0.39, 0.29) is 11.9 Å². The van der Waals surface area contributed by atoms with E-state index in [1.807, 2.05) is 31.2 Å². The molecule has 1 atom stereocenters. The number of fused-ring (bicyclic) bond motifs is 1. The Hall–Kier alpha value is -1.74. The Morgan fingerprint density at radius 3 is 2.67 bits per heavy atom. The summed E-state index contributed by atoms with van der Waals surface area (Å²) in [5.41, 5.74) is 0. The molecule has 0 amide bonds. The van der Waals surface area contributed by atoms with Crippen LogP contribution in [0.4, 0.5) is 0 Å². The second-order valence-corrected chi connectivity index (χ2v) is 4.40. The maximum atomic E-state index is 9.46. The van der Waals surface area contributed by atoms with E-state index in [1.54, 1.807) is 19.2 Å². The van der Waals surface area contributed by atoms with Crippen molar-refractivity contribution in [1.29, 1.82) is 0 Å². The normalized spacial score (nSPS) is 12.6. The van der Waals surface area contributed by atoms with Gasteiger partial charge in [0.2, 0.25) is 0 Å². The lowest BCUT2D eigenvalue weighted by Crippen LogP contribution is -2.14. The molecular formula is C15H18O3. The maximum absolute atomic E-state index is 9.46. The summed E-state index contributed by atoms with van der Waals surface area (Å²) in [6, 6.07) is 11.2. The lowest BCUT2D eigenvalue weighted by atomic mass is 10.1. The zero-order chi connectivity index (χ0) is 13.0. The predicted molar refractivity (Wildman–Crippen MR) is 72.2 cm³/mol. The Kier molecular flexibility index (Phi) is 4.05. The van der Waals surface area contributed by atoms with Gasteiger partial charge in [-0.25, -0.2) is 0 Å². The topological polar surface area (TPSA) is 38.7 Å². The lowest BCUT2D eigenvalue weighted by molar-refractivity contribution is 0.135. The largest absolute Gasteiger partial charge is 0.508 e. The van der Waals surface area contributed by atoms with E-state index in [0.717, 1.165) is 22.9 Å². The SMILES string of the molecule is COCCC(C)Oc1ccc2ccc(O)cc2c1. The van der Waals surface area contributed by atoms with Crippen molar-refractivity contribution >= 4 is 10.8 Å². The molecule has 0 spiro atoms. The molecule has 1 N–H and O–H groups in total. The Morgan fingerprint density at radius 1 is 1.11 bits per heavy atom. The molecule has 96 valence electrons. The minimum absolute atomic E-state index is 0.111. The Morgan fingerprint density at radius 2 is 1.89 bits per heavy atom. The minimum atomic E-state index is 0.111. The first-order chi connectivity index (χ1) is 8.69. The Labute approximate surface area is 107 Å². The number of methoxy groups -OCH3 is 1. The van der Waals surface area contributed by atoms with Crippen molar-refractivity contribution in [3.05, 3.63) is 36.4 Å². The quantitative estimate of drug-likeness (QED) is 0.879. The van der Waals surface area contributed by atoms with Crippen molar-refractivity contribution in [1.82, 2.24) is 0 Å². The molecular weight excluding hydrogens is 228 g/mol. The van der Waals surface area contributed by atoms with Crippen LogP contribution in [0, 0.1) is 0 Å². The minimum Gasteiger partial charge on any atom is -0.508 e. The van der Waals surface area contributed by atoms with Gasteiger partial charge in [-0.1, -0.05) is 12.1 Å². The van der Waals surface area contributed by atoms with Crippen molar-refractivity contribution in [3.8, 4) is 11.5 Å². The van der Waals surface area contributed by atoms with Crippen molar-refractivity contribution < 1.29 is 14.6 Å². The van der Waals surface area contributed by atoms with Crippen molar-refractivity contribution in [2.24, 2.45) is 0 Å². The number of benzene rings is 2. The third-order valence-corrected chi connectivity index (χ3v) is 2.86. The first-order valence-electron chi connectivity index (χ1n) is 6.07. The van der Waals surface area contributed by atoms with Crippen LogP contribution >= 0.6 is 0 Å². The summed E-state index contributed by atoms with van der Waals surface area (Å²) in [6.45, 7) is 2.71. The van der Waals surface area contributed by atoms with Gasteiger partial charge in [0.15, 0.2) is 0 Å². The van der Waals surface area contributed by atoms with Crippen molar-refractivity contribution in [2.45, 2.75) is 19.4 Å². The average Bonchev–Trinajstić information content (AvgIpc) is 2.36. The second kappa shape index (κ2) is 5.74. The molecule has 0 aliphatic carbocycles. The zero-order valence-electron chi connectivity index (χ0n) is 10.7. The lowest BCUT2D eigenvalue weighted by Gasteiger charge is -2.14. The van der Waals surface area contributed by atoms with Gasteiger partial charge in [-0.2, -0.15) is 0 Å². The number of phenols is 1. The third kappa shape index (κ3) is 3.14. The van der Waals surface area contributed by atoms with Crippen LogP contribution in [-0.4, -0.2) is 24.9 Å². The number of aromatic hydroxyl groups is 1. The molecule has 2 aromatic carbocycles. The molecule has 3 nitrogen and oxygen atoms in total. The predicted octanol–water partition coefficient (Wildman–Crippen LogP) is 3.35. The molecule has 0 radical (unpaired) electrons. The fourth-order valence-electron chi connectivity index (χ4n) is 1.86. The van der Waals surface area contributed by atoms with E-state index in [0.29, 0.717) is 6.61 Å². The molecule has 3 heteroatoms. The van der Waals surface area contributed by atoms with Gasteiger partial charge in [0, 0.05) is 20.1 Å². The molecule has 0 aliphatic heterocycles. The molecule has 0 heterocycles. The molecule has 0 aromatic heterocycles. The van der Waals surface area contributed by atoms with E-state index >= 15 is 0 Å². The molecule has 2 aromatic rings. The number of hydrogen-bond acceptors (Lipinski definition) is 3. The highest BCUT2D eigenvalue weighted by Gasteiger charge is 2.04. The first kappa shape index (κ1) is 12.7. The van der Waals surface area contributed by atoms with Gasteiger partial charge in [0.1, 0.15) is 11.5 Å². The Balaban J connectivity index is 2.14. The second-order valence-electron chi connectivity index (χ2n) is 4.40. The number of hydrogen-bond donors (Lipinski definition) is 1. The maximum Gasteiger partial charge on any atom is 0.120 e. The van der Waals surface area contributed by atoms with Crippen LogP contribution in [-0.2, 0) is 4.74 Å². The monoisotopic (exact) mass is 246 g/mol. The van der Waals surface area contributed by atoms with E-state index in [1.165, 1.54) is 0 Å². The fraction of sp³-hybridized carbons (Fsp3) is 0.333. The molecule has 18 heavy (non-hydrogen) atoms. The van der Waals surface area contributed by atoms with Crippen LogP contribution in [0.3, 0.4) is 0 Å². The van der Waals surface area contributed by atoms with Gasteiger partial charge in [-0.05, 0) is 42.0 Å². The highest BCUT2D eigenvalue weighted by Crippen LogP contribution is 2.25.